The van der Waals surface area contributed by atoms with Crippen LogP contribution >= 0.6 is 0 Å². The molecule has 0 bridgehead atoms. The zero-order valence-electron chi connectivity index (χ0n) is 18.1. The van der Waals surface area contributed by atoms with Gasteiger partial charge in [-0.05, 0) is 60.7 Å². The summed E-state index contributed by atoms with van der Waals surface area (Å²) in [6, 6.07) is 19.6. The monoisotopic (exact) mass is 431 g/mol. The van der Waals surface area contributed by atoms with Gasteiger partial charge in [-0.3, -0.25) is 14.6 Å². The van der Waals surface area contributed by atoms with Crippen LogP contribution in [-0.2, 0) is 11.2 Å². The lowest BCUT2D eigenvalue weighted by atomic mass is 9.79. The molecule has 2 aromatic carbocycles. The number of aromatic nitrogens is 1. The molecule has 2 heterocycles. The Morgan fingerprint density at radius 2 is 1.88 bits per heavy atom. The Kier molecular flexibility index (Phi) is 6.30. The van der Waals surface area contributed by atoms with Crippen LogP contribution in [0.2, 0.25) is 0 Å². The average Bonchev–Trinajstić information content (AvgIpc) is 3.25. The van der Waals surface area contributed by atoms with Crippen LogP contribution in [0.25, 0.3) is 11.1 Å². The van der Waals surface area contributed by atoms with Crippen molar-refractivity contribution in [1.29, 1.82) is 0 Å². The number of nitrogens with zero attached hydrogens (tertiary/aromatic N) is 2. The molecule has 1 aliphatic rings. The Balaban J connectivity index is 1.59. The minimum atomic E-state index is -0.706. The summed E-state index contributed by atoms with van der Waals surface area (Å²) in [7, 11) is 0. The predicted octanol–water partition coefficient (Wildman–Crippen LogP) is 4.10. The third-order valence-corrected chi connectivity index (χ3v) is 5.99. The lowest BCUT2D eigenvalue weighted by Gasteiger charge is -2.28. The second kappa shape index (κ2) is 9.30. The molecule has 1 aliphatic heterocycles. The number of nitrogens with one attached hydrogen (secondary N) is 1. The zero-order chi connectivity index (χ0) is 22.6. The highest BCUT2D eigenvalue weighted by molar-refractivity contribution is 5.93. The second-order valence-electron chi connectivity index (χ2n) is 8.22. The molecule has 164 valence electrons. The maximum absolute atomic E-state index is 13.3. The molecule has 0 aliphatic carbocycles. The van der Waals surface area contributed by atoms with E-state index in [2.05, 4.69) is 10.3 Å². The molecule has 1 aromatic heterocycles. The molecule has 5 nitrogen and oxygen atoms in total. The Bertz CT molecular complexity index is 1100. The Hall–Kier alpha value is -3.54. The molecule has 6 heteroatoms. The number of rotatable bonds is 6. The van der Waals surface area contributed by atoms with E-state index < -0.39 is 5.41 Å². The summed E-state index contributed by atoms with van der Waals surface area (Å²) in [5.74, 6) is -0.468. The Morgan fingerprint density at radius 3 is 2.59 bits per heavy atom. The van der Waals surface area contributed by atoms with Crippen molar-refractivity contribution < 1.29 is 14.0 Å². The summed E-state index contributed by atoms with van der Waals surface area (Å²) in [6.45, 7) is 3.27. The van der Waals surface area contributed by atoms with Gasteiger partial charge in [-0.2, -0.15) is 0 Å². The fraction of sp³-hybridized carbons (Fsp3) is 0.269. The summed E-state index contributed by atoms with van der Waals surface area (Å²) >= 11 is 0. The van der Waals surface area contributed by atoms with E-state index in [-0.39, 0.29) is 17.6 Å². The van der Waals surface area contributed by atoms with Gasteiger partial charge in [0.2, 0.25) is 5.91 Å². The molecule has 2 amide bonds. The van der Waals surface area contributed by atoms with E-state index in [4.69, 9.17) is 0 Å². The smallest absolute Gasteiger partial charge is 0.272 e. The van der Waals surface area contributed by atoms with E-state index in [9.17, 15) is 14.0 Å². The zero-order valence-corrected chi connectivity index (χ0v) is 18.1. The molecule has 3 aromatic rings. The molecule has 1 fully saturated rings. The maximum Gasteiger partial charge on any atom is 0.272 e. The van der Waals surface area contributed by atoms with Crippen LogP contribution in [0.3, 0.4) is 0 Å². The fourth-order valence-corrected chi connectivity index (χ4v) is 4.35. The summed E-state index contributed by atoms with van der Waals surface area (Å²) < 4.78 is 13.3. The molecule has 1 unspecified atom stereocenters. The number of hydrogen-bond donors (Lipinski definition) is 1. The van der Waals surface area contributed by atoms with Crippen molar-refractivity contribution in [3.63, 3.8) is 0 Å². The van der Waals surface area contributed by atoms with Crippen LogP contribution < -0.4 is 5.32 Å². The van der Waals surface area contributed by atoms with Crippen LogP contribution in [-0.4, -0.2) is 41.3 Å². The first-order valence-electron chi connectivity index (χ1n) is 10.8. The molecule has 0 saturated carbocycles. The number of amides is 2. The quantitative estimate of drug-likeness (QED) is 0.639. The highest BCUT2D eigenvalue weighted by atomic mass is 19.1. The number of benzene rings is 2. The van der Waals surface area contributed by atoms with Gasteiger partial charge in [0.15, 0.2) is 0 Å². The summed E-state index contributed by atoms with van der Waals surface area (Å²) in [4.78, 5) is 32.0. The van der Waals surface area contributed by atoms with E-state index in [1.807, 2.05) is 31.2 Å². The minimum Gasteiger partial charge on any atom is -0.356 e. The maximum atomic E-state index is 13.3. The fourth-order valence-electron chi connectivity index (χ4n) is 4.35. The highest BCUT2D eigenvalue weighted by Gasteiger charge is 2.46. The topological polar surface area (TPSA) is 62.3 Å². The van der Waals surface area contributed by atoms with Crippen molar-refractivity contribution in [3.8, 4) is 11.1 Å². The molecular weight excluding hydrogens is 405 g/mol. The number of hydrogen-bond acceptors (Lipinski definition) is 3. The normalized spacial score (nSPS) is 17.9. The van der Waals surface area contributed by atoms with Gasteiger partial charge in [-0.1, -0.05) is 42.5 Å². The van der Waals surface area contributed by atoms with E-state index >= 15 is 0 Å². The van der Waals surface area contributed by atoms with Crippen molar-refractivity contribution in [1.82, 2.24) is 15.2 Å². The van der Waals surface area contributed by atoms with Crippen molar-refractivity contribution in [2.75, 3.05) is 19.6 Å². The minimum absolute atomic E-state index is 0.0384. The van der Waals surface area contributed by atoms with Crippen LogP contribution in [0, 0.1) is 11.2 Å². The molecule has 1 atom stereocenters. The molecule has 1 N–H and O–H groups in total. The summed E-state index contributed by atoms with van der Waals surface area (Å²) in [6.07, 6.45) is 2.69. The van der Waals surface area contributed by atoms with Crippen LogP contribution in [0.4, 0.5) is 4.39 Å². The second-order valence-corrected chi connectivity index (χ2v) is 8.22. The highest BCUT2D eigenvalue weighted by Crippen LogP contribution is 2.36. The first-order valence-corrected chi connectivity index (χ1v) is 10.8. The number of halogens is 1. The number of likely N-dealkylation sites (tertiary alicyclic amines) is 1. The first kappa shape index (κ1) is 21.7. The van der Waals surface area contributed by atoms with E-state index in [1.165, 1.54) is 12.1 Å². The van der Waals surface area contributed by atoms with Gasteiger partial charge < -0.3 is 10.2 Å². The Morgan fingerprint density at radius 1 is 1.06 bits per heavy atom. The third kappa shape index (κ3) is 4.54. The number of pyridine rings is 1. The summed E-state index contributed by atoms with van der Waals surface area (Å²) in [5, 5.41) is 2.97. The van der Waals surface area contributed by atoms with Gasteiger partial charge in [-0.15, -0.1) is 0 Å². The van der Waals surface area contributed by atoms with Gasteiger partial charge >= 0.3 is 0 Å². The molecular formula is C26H26FN3O2. The summed E-state index contributed by atoms with van der Waals surface area (Å²) in [5.41, 5.74) is 2.57. The third-order valence-electron chi connectivity index (χ3n) is 5.99. The standard InChI is InChI=1S/C26H26FN3O2/c1-2-28-25(32)26(13-15-30(18-26)24(31)23-8-3-4-14-29-23)17-19-6-5-7-21(16-19)20-9-11-22(27)12-10-20/h3-12,14,16H,2,13,15,17-18H2,1H3,(H,28,32). The molecule has 0 spiro atoms. The van der Waals surface area contributed by atoms with Gasteiger partial charge in [-0.25, -0.2) is 4.39 Å². The van der Waals surface area contributed by atoms with E-state index in [0.29, 0.717) is 38.2 Å². The average molecular weight is 432 g/mol. The molecule has 0 radical (unpaired) electrons. The molecule has 4 rings (SSSR count). The van der Waals surface area contributed by atoms with Gasteiger partial charge in [0.25, 0.3) is 5.91 Å². The lowest BCUT2D eigenvalue weighted by molar-refractivity contribution is -0.130. The van der Waals surface area contributed by atoms with Crippen molar-refractivity contribution >= 4 is 11.8 Å². The van der Waals surface area contributed by atoms with Crippen LogP contribution in [0.5, 0.6) is 0 Å². The predicted molar refractivity (Wildman–Crippen MR) is 121 cm³/mol. The largest absolute Gasteiger partial charge is 0.356 e. The van der Waals surface area contributed by atoms with Crippen molar-refractivity contribution in [2.24, 2.45) is 5.41 Å². The van der Waals surface area contributed by atoms with E-state index in [1.54, 1.807) is 41.4 Å². The Labute approximate surface area is 187 Å². The van der Waals surface area contributed by atoms with Crippen molar-refractivity contribution in [3.05, 3.63) is 90.0 Å². The van der Waals surface area contributed by atoms with Crippen molar-refractivity contribution in [2.45, 2.75) is 19.8 Å². The lowest BCUT2D eigenvalue weighted by Crippen LogP contribution is -2.45. The molecule has 32 heavy (non-hydrogen) atoms. The van der Waals surface area contributed by atoms with Gasteiger partial charge in [0, 0.05) is 25.8 Å². The SMILES string of the molecule is CCNC(=O)C1(Cc2cccc(-c3ccc(F)cc3)c2)CCN(C(=O)c2ccccn2)C1. The van der Waals surface area contributed by atoms with Gasteiger partial charge in [0.05, 0.1) is 5.41 Å². The van der Waals surface area contributed by atoms with Crippen LogP contribution in [0.1, 0.15) is 29.4 Å². The number of carbonyl (C=O) groups excluding carboxylic acids is 2. The first-order chi connectivity index (χ1) is 15.5. The van der Waals surface area contributed by atoms with Crippen LogP contribution in [0.15, 0.2) is 72.9 Å². The molecule has 1 saturated heterocycles. The van der Waals surface area contributed by atoms with E-state index in [0.717, 1.165) is 16.7 Å². The number of carbonyl (C=O) groups is 2. The van der Waals surface area contributed by atoms with Gasteiger partial charge in [0.1, 0.15) is 11.5 Å².